The molecule has 0 aliphatic carbocycles. The zero-order valence-electron chi connectivity index (χ0n) is 13.1. The Morgan fingerprint density at radius 2 is 1.64 bits per heavy atom. The molecule has 3 nitrogen and oxygen atoms in total. The quantitative estimate of drug-likeness (QED) is 0.563. The molecule has 116 valence electrons. The van der Waals surface area contributed by atoms with Crippen molar-refractivity contribution in [1.29, 1.82) is 0 Å². The smallest absolute Gasteiger partial charge is 0.293 e. The summed E-state index contributed by atoms with van der Waals surface area (Å²) in [6.07, 6.45) is 2.60. The molecule has 0 radical (unpaired) electrons. The molecule has 2 rings (SSSR count). The zero-order chi connectivity index (χ0) is 15.8. The van der Waals surface area contributed by atoms with Gasteiger partial charge in [0, 0.05) is 0 Å². The molecule has 0 saturated carbocycles. The third-order valence-electron chi connectivity index (χ3n) is 3.62. The van der Waals surface area contributed by atoms with Crippen LogP contribution < -0.4 is 0 Å². The van der Waals surface area contributed by atoms with E-state index in [-0.39, 0.29) is 6.10 Å². The summed E-state index contributed by atoms with van der Waals surface area (Å²) in [5, 5.41) is 0. The molecule has 0 amide bonds. The fourth-order valence-electron chi connectivity index (χ4n) is 2.30. The van der Waals surface area contributed by atoms with E-state index in [2.05, 4.69) is 31.2 Å². The number of benzene rings is 2. The summed E-state index contributed by atoms with van der Waals surface area (Å²) in [5.74, 6) is -0.457. The number of hydrogen-bond donors (Lipinski definition) is 0. The lowest BCUT2D eigenvalue weighted by molar-refractivity contribution is -0.271. The molecule has 1 unspecified atom stereocenters. The molecule has 0 N–H and O–H groups in total. The van der Waals surface area contributed by atoms with Gasteiger partial charge in [-0.15, -0.1) is 0 Å². The Kier molecular flexibility index (Phi) is 6.16. The predicted octanol–water partition coefficient (Wildman–Crippen LogP) is 4.36. The molecule has 0 saturated heterocycles. The van der Waals surface area contributed by atoms with Gasteiger partial charge in [-0.2, -0.15) is 4.89 Å². The van der Waals surface area contributed by atoms with E-state index in [1.807, 2.05) is 13.0 Å². The second-order valence-corrected chi connectivity index (χ2v) is 5.30. The largest absolute Gasteiger partial charge is 0.373 e. The summed E-state index contributed by atoms with van der Waals surface area (Å²) in [7, 11) is 0. The standard InChI is InChI=1S/C19H22O3/c1-3-16-9-7-8-10-17(16)14-13-15(2)21-22-19(20)18-11-5-4-6-12-18/h4-12,15H,3,13-14H2,1-2H3. The summed E-state index contributed by atoms with van der Waals surface area (Å²) >= 11 is 0. The van der Waals surface area contributed by atoms with Crippen LogP contribution in [0.4, 0.5) is 0 Å². The monoisotopic (exact) mass is 298 g/mol. The molecular formula is C19H22O3. The van der Waals surface area contributed by atoms with Gasteiger partial charge in [0.1, 0.15) is 6.10 Å². The second kappa shape index (κ2) is 8.35. The maximum absolute atomic E-state index is 11.8. The summed E-state index contributed by atoms with van der Waals surface area (Å²) in [4.78, 5) is 21.9. The first-order valence-electron chi connectivity index (χ1n) is 7.70. The van der Waals surface area contributed by atoms with Crippen LogP contribution in [0.25, 0.3) is 0 Å². The highest BCUT2D eigenvalue weighted by Gasteiger charge is 2.11. The fraction of sp³-hybridized carbons (Fsp3) is 0.316. The number of rotatable bonds is 7. The van der Waals surface area contributed by atoms with Crippen molar-refractivity contribution >= 4 is 5.97 Å². The van der Waals surface area contributed by atoms with Crippen LogP contribution in [0, 0.1) is 0 Å². The third kappa shape index (κ3) is 4.71. The van der Waals surface area contributed by atoms with E-state index in [4.69, 9.17) is 9.78 Å². The average molecular weight is 298 g/mol. The molecular weight excluding hydrogens is 276 g/mol. The molecule has 22 heavy (non-hydrogen) atoms. The molecule has 0 spiro atoms. The van der Waals surface area contributed by atoms with E-state index in [0.29, 0.717) is 5.56 Å². The lowest BCUT2D eigenvalue weighted by Gasteiger charge is -2.13. The van der Waals surface area contributed by atoms with Gasteiger partial charge in [0.2, 0.25) is 0 Å². The maximum atomic E-state index is 11.8. The Labute approximate surface area is 131 Å². The van der Waals surface area contributed by atoms with Gasteiger partial charge in [-0.3, -0.25) is 4.89 Å². The van der Waals surface area contributed by atoms with E-state index in [1.165, 1.54) is 11.1 Å². The Balaban J connectivity index is 1.78. The van der Waals surface area contributed by atoms with Crippen molar-refractivity contribution < 1.29 is 14.6 Å². The van der Waals surface area contributed by atoms with Crippen LogP contribution in [-0.4, -0.2) is 12.1 Å². The Hall–Kier alpha value is -2.13. The molecule has 2 aromatic rings. The SMILES string of the molecule is CCc1ccccc1CCC(C)OOC(=O)c1ccccc1. The van der Waals surface area contributed by atoms with Crippen LogP contribution in [0.2, 0.25) is 0 Å². The van der Waals surface area contributed by atoms with E-state index in [9.17, 15) is 4.79 Å². The van der Waals surface area contributed by atoms with Crippen LogP contribution in [-0.2, 0) is 22.6 Å². The fourth-order valence-corrected chi connectivity index (χ4v) is 2.30. The summed E-state index contributed by atoms with van der Waals surface area (Å²) in [6.45, 7) is 4.06. The van der Waals surface area contributed by atoms with Crippen molar-refractivity contribution in [2.24, 2.45) is 0 Å². The number of aryl methyl sites for hydroxylation is 2. The lowest BCUT2D eigenvalue weighted by atomic mass is 10.00. The number of carbonyl (C=O) groups excluding carboxylic acids is 1. The summed E-state index contributed by atoms with van der Waals surface area (Å²) in [6, 6.07) is 17.2. The minimum atomic E-state index is -0.457. The average Bonchev–Trinajstić information content (AvgIpc) is 2.58. The molecule has 1 atom stereocenters. The minimum absolute atomic E-state index is 0.141. The second-order valence-electron chi connectivity index (χ2n) is 5.30. The van der Waals surface area contributed by atoms with Crippen molar-refractivity contribution in [2.45, 2.75) is 39.2 Å². The van der Waals surface area contributed by atoms with Gasteiger partial charge in [0.05, 0.1) is 5.56 Å². The van der Waals surface area contributed by atoms with Crippen LogP contribution in [0.15, 0.2) is 54.6 Å². The van der Waals surface area contributed by atoms with E-state index < -0.39 is 5.97 Å². The van der Waals surface area contributed by atoms with Gasteiger partial charge in [-0.25, -0.2) is 4.79 Å². The summed E-state index contributed by atoms with van der Waals surface area (Å²) < 4.78 is 0. The Morgan fingerprint density at radius 1 is 1.00 bits per heavy atom. The zero-order valence-corrected chi connectivity index (χ0v) is 13.1. The van der Waals surface area contributed by atoms with Gasteiger partial charge < -0.3 is 0 Å². The maximum Gasteiger partial charge on any atom is 0.373 e. The summed E-state index contributed by atoms with van der Waals surface area (Å²) in [5.41, 5.74) is 3.18. The van der Waals surface area contributed by atoms with Gasteiger partial charge >= 0.3 is 5.97 Å². The van der Waals surface area contributed by atoms with Crippen molar-refractivity contribution in [1.82, 2.24) is 0 Å². The first-order chi connectivity index (χ1) is 10.7. The molecule has 3 heteroatoms. The van der Waals surface area contributed by atoms with Crippen LogP contribution in [0.1, 0.15) is 41.8 Å². The van der Waals surface area contributed by atoms with Crippen molar-refractivity contribution in [2.75, 3.05) is 0 Å². The predicted molar refractivity (Wildman–Crippen MR) is 86.5 cm³/mol. The molecule has 2 aromatic carbocycles. The van der Waals surface area contributed by atoms with Crippen molar-refractivity contribution in [3.63, 3.8) is 0 Å². The van der Waals surface area contributed by atoms with Crippen LogP contribution >= 0.6 is 0 Å². The number of hydrogen-bond acceptors (Lipinski definition) is 3. The van der Waals surface area contributed by atoms with Gasteiger partial charge in [-0.1, -0.05) is 49.4 Å². The van der Waals surface area contributed by atoms with Gasteiger partial charge in [-0.05, 0) is 49.4 Å². The van der Waals surface area contributed by atoms with Crippen molar-refractivity contribution in [3.05, 3.63) is 71.3 Å². The highest BCUT2D eigenvalue weighted by molar-refractivity contribution is 5.88. The number of carbonyl (C=O) groups is 1. The Morgan fingerprint density at radius 3 is 2.32 bits per heavy atom. The molecule has 0 heterocycles. The van der Waals surface area contributed by atoms with Crippen molar-refractivity contribution in [3.8, 4) is 0 Å². The van der Waals surface area contributed by atoms with E-state index in [0.717, 1.165) is 19.3 Å². The third-order valence-corrected chi connectivity index (χ3v) is 3.62. The highest BCUT2D eigenvalue weighted by Crippen LogP contribution is 2.14. The first-order valence-corrected chi connectivity index (χ1v) is 7.70. The minimum Gasteiger partial charge on any atom is -0.293 e. The van der Waals surface area contributed by atoms with Crippen LogP contribution in [0.3, 0.4) is 0 Å². The topological polar surface area (TPSA) is 35.5 Å². The molecule has 0 fully saturated rings. The first kappa shape index (κ1) is 16.2. The molecule has 0 aromatic heterocycles. The Bertz CT molecular complexity index is 593. The van der Waals surface area contributed by atoms with Gasteiger partial charge in [0.15, 0.2) is 0 Å². The molecule has 0 aliphatic heterocycles. The van der Waals surface area contributed by atoms with Gasteiger partial charge in [0.25, 0.3) is 0 Å². The lowest BCUT2D eigenvalue weighted by Crippen LogP contribution is -2.14. The van der Waals surface area contributed by atoms with Crippen LogP contribution in [0.5, 0.6) is 0 Å². The van der Waals surface area contributed by atoms with E-state index in [1.54, 1.807) is 24.3 Å². The molecule has 0 aliphatic rings. The highest BCUT2D eigenvalue weighted by atomic mass is 17.2. The normalized spacial score (nSPS) is 11.9. The molecule has 0 bridgehead atoms. The van der Waals surface area contributed by atoms with E-state index >= 15 is 0 Å².